The van der Waals surface area contributed by atoms with Crippen LogP contribution in [-0.2, 0) is 0 Å². The maximum absolute atomic E-state index is 10.6. The molecular formula is C16H15NO4. The van der Waals surface area contributed by atoms with Crippen LogP contribution in [0, 0.1) is 10.1 Å². The Morgan fingerprint density at radius 1 is 1.00 bits per heavy atom. The molecule has 2 aromatic carbocycles. The van der Waals surface area contributed by atoms with Crippen molar-refractivity contribution in [3.05, 3.63) is 63.7 Å². The molecule has 0 amide bonds. The van der Waals surface area contributed by atoms with E-state index in [2.05, 4.69) is 0 Å². The fourth-order valence-corrected chi connectivity index (χ4v) is 1.94. The smallest absolute Gasteiger partial charge is 0.269 e. The minimum Gasteiger partial charge on any atom is -0.493 e. The van der Waals surface area contributed by atoms with Crippen LogP contribution < -0.4 is 9.47 Å². The molecule has 0 unspecified atom stereocenters. The van der Waals surface area contributed by atoms with Gasteiger partial charge >= 0.3 is 0 Å². The first-order valence-corrected chi connectivity index (χ1v) is 6.29. The van der Waals surface area contributed by atoms with Crippen molar-refractivity contribution in [2.45, 2.75) is 0 Å². The maximum atomic E-state index is 10.6. The monoisotopic (exact) mass is 285 g/mol. The standard InChI is InChI=1S/C16H15NO4/c1-20-15-5-3-4-13(16(15)21-2)9-6-12-7-10-14(11-8-12)17(18)19/h3-11H,1-2H3. The van der Waals surface area contributed by atoms with Crippen LogP contribution in [0.25, 0.3) is 12.2 Å². The van der Waals surface area contributed by atoms with Gasteiger partial charge in [-0.15, -0.1) is 0 Å². The molecule has 108 valence electrons. The largest absolute Gasteiger partial charge is 0.493 e. The summed E-state index contributed by atoms with van der Waals surface area (Å²) in [5.74, 6) is 1.31. The first kappa shape index (κ1) is 14.6. The molecule has 0 bridgehead atoms. The fraction of sp³-hybridized carbons (Fsp3) is 0.125. The van der Waals surface area contributed by atoms with E-state index in [1.807, 2.05) is 30.4 Å². The quantitative estimate of drug-likeness (QED) is 0.476. The Hall–Kier alpha value is -2.82. The van der Waals surface area contributed by atoms with Crippen LogP contribution in [0.4, 0.5) is 5.69 Å². The highest BCUT2D eigenvalue weighted by Crippen LogP contribution is 2.31. The van der Waals surface area contributed by atoms with Gasteiger partial charge in [0.05, 0.1) is 19.1 Å². The average molecular weight is 285 g/mol. The molecule has 0 saturated carbocycles. The summed E-state index contributed by atoms with van der Waals surface area (Å²) >= 11 is 0. The van der Waals surface area contributed by atoms with Gasteiger partial charge < -0.3 is 9.47 Å². The Morgan fingerprint density at radius 3 is 2.29 bits per heavy atom. The summed E-state index contributed by atoms with van der Waals surface area (Å²) in [6.45, 7) is 0. The molecule has 5 nitrogen and oxygen atoms in total. The van der Waals surface area contributed by atoms with E-state index in [0.717, 1.165) is 11.1 Å². The molecule has 0 fully saturated rings. The maximum Gasteiger partial charge on any atom is 0.269 e. The van der Waals surface area contributed by atoms with Gasteiger partial charge in [-0.1, -0.05) is 24.3 Å². The lowest BCUT2D eigenvalue weighted by Crippen LogP contribution is -1.92. The van der Waals surface area contributed by atoms with E-state index < -0.39 is 4.92 Å². The van der Waals surface area contributed by atoms with Crippen molar-refractivity contribution in [3.8, 4) is 11.5 Å². The molecular weight excluding hydrogens is 270 g/mol. The van der Waals surface area contributed by atoms with Crippen LogP contribution in [-0.4, -0.2) is 19.1 Å². The summed E-state index contributed by atoms with van der Waals surface area (Å²) in [4.78, 5) is 10.2. The summed E-state index contributed by atoms with van der Waals surface area (Å²) < 4.78 is 10.6. The zero-order valence-corrected chi connectivity index (χ0v) is 11.8. The third-order valence-electron chi connectivity index (χ3n) is 2.99. The molecule has 0 atom stereocenters. The van der Waals surface area contributed by atoms with Crippen LogP contribution in [0.2, 0.25) is 0 Å². The summed E-state index contributed by atoms with van der Waals surface area (Å²) in [6, 6.07) is 11.9. The Kier molecular flexibility index (Phi) is 4.56. The van der Waals surface area contributed by atoms with E-state index in [4.69, 9.17) is 9.47 Å². The van der Waals surface area contributed by atoms with Crippen molar-refractivity contribution in [1.82, 2.24) is 0 Å². The number of hydrogen-bond acceptors (Lipinski definition) is 4. The fourth-order valence-electron chi connectivity index (χ4n) is 1.94. The molecule has 0 N–H and O–H groups in total. The lowest BCUT2D eigenvalue weighted by Gasteiger charge is -2.09. The van der Waals surface area contributed by atoms with Gasteiger partial charge in [-0.2, -0.15) is 0 Å². The number of ether oxygens (including phenoxy) is 2. The van der Waals surface area contributed by atoms with Crippen molar-refractivity contribution in [2.24, 2.45) is 0 Å². The lowest BCUT2D eigenvalue weighted by atomic mass is 10.1. The second-order valence-electron chi connectivity index (χ2n) is 4.26. The molecule has 0 aliphatic carbocycles. The van der Waals surface area contributed by atoms with Gasteiger partial charge in [-0.25, -0.2) is 0 Å². The van der Waals surface area contributed by atoms with Crippen molar-refractivity contribution in [1.29, 1.82) is 0 Å². The molecule has 0 heterocycles. The minimum atomic E-state index is -0.418. The van der Waals surface area contributed by atoms with Gasteiger partial charge in [0.1, 0.15) is 0 Å². The van der Waals surface area contributed by atoms with Crippen molar-refractivity contribution in [3.63, 3.8) is 0 Å². The van der Waals surface area contributed by atoms with Crippen LogP contribution in [0.3, 0.4) is 0 Å². The number of methoxy groups -OCH3 is 2. The normalized spacial score (nSPS) is 10.6. The third-order valence-corrected chi connectivity index (χ3v) is 2.99. The van der Waals surface area contributed by atoms with Gasteiger partial charge in [0.2, 0.25) is 0 Å². The van der Waals surface area contributed by atoms with E-state index in [9.17, 15) is 10.1 Å². The van der Waals surface area contributed by atoms with Crippen LogP contribution in [0.5, 0.6) is 11.5 Å². The zero-order valence-electron chi connectivity index (χ0n) is 11.8. The molecule has 2 rings (SSSR count). The average Bonchev–Trinajstić information content (AvgIpc) is 2.52. The molecule has 21 heavy (non-hydrogen) atoms. The summed E-state index contributed by atoms with van der Waals surface area (Å²) in [5.41, 5.74) is 1.81. The summed E-state index contributed by atoms with van der Waals surface area (Å²) in [6.07, 6.45) is 3.74. The van der Waals surface area contributed by atoms with E-state index in [1.165, 1.54) is 12.1 Å². The first-order valence-electron chi connectivity index (χ1n) is 6.29. The first-order chi connectivity index (χ1) is 10.2. The Labute approximate surface area is 122 Å². The van der Waals surface area contributed by atoms with Gasteiger partial charge in [0.25, 0.3) is 5.69 Å². The van der Waals surface area contributed by atoms with Gasteiger partial charge in [-0.05, 0) is 23.8 Å². The number of nitrogens with zero attached hydrogens (tertiary/aromatic N) is 1. The van der Waals surface area contributed by atoms with Gasteiger partial charge in [0, 0.05) is 17.7 Å². The number of hydrogen-bond donors (Lipinski definition) is 0. The van der Waals surface area contributed by atoms with E-state index >= 15 is 0 Å². The SMILES string of the molecule is COc1cccc(C=Cc2ccc([N+](=O)[O-])cc2)c1OC. The summed E-state index contributed by atoms with van der Waals surface area (Å²) in [5, 5.41) is 10.6. The van der Waals surface area contributed by atoms with Crippen molar-refractivity contribution in [2.75, 3.05) is 14.2 Å². The minimum absolute atomic E-state index is 0.0751. The second-order valence-corrected chi connectivity index (χ2v) is 4.26. The lowest BCUT2D eigenvalue weighted by molar-refractivity contribution is -0.384. The highest BCUT2D eigenvalue weighted by molar-refractivity contribution is 5.74. The van der Waals surface area contributed by atoms with Crippen LogP contribution in [0.15, 0.2) is 42.5 Å². The second kappa shape index (κ2) is 6.56. The number of nitro groups is 1. The third kappa shape index (κ3) is 3.39. The molecule has 0 aliphatic rings. The highest BCUT2D eigenvalue weighted by atomic mass is 16.6. The van der Waals surface area contributed by atoms with E-state index in [1.54, 1.807) is 26.4 Å². The molecule has 0 aromatic heterocycles. The van der Waals surface area contributed by atoms with Crippen molar-refractivity contribution >= 4 is 17.8 Å². The topological polar surface area (TPSA) is 61.6 Å². The van der Waals surface area contributed by atoms with Crippen LogP contribution in [0.1, 0.15) is 11.1 Å². The molecule has 5 heteroatoms. The van der Waals surface area contributed by atoms with Crippen molar-refractivity contribution < 1.29 is 14.4 Å². The molecule has 0 spiro atoms. The predicted molar refractivity (Wildman–Crippen MR) is 81.6 cm³/mol. The summed E-state index contributed by atoms with van der Waals surface area (Å²) in [7, 11) is 3.17. The molecule has 0 aliphatic heterocycles. The molecule has 0 saturated heterocycles. The highest BCUT2D eigenvalue weighted by Gasteiger charge is 2.07. The molecule has 0 radical (unpaired) electrons. The molecule has 2 aromatic rings. The predicted octanol–water partition coefficient (Wildman–Crippen LogP) is 3.78. The number of non-ortho nitro benzene ring substituents is 1. The number of para-hydroxylation sites is 1. The number of rotatable bonds is 5. The van der Waals surface area contributed by atoms with Crippen LogP contribution >= 0.6 is 0 Å². The number of benzene rings is 2. The Morgan fingerprint density at radius 2 is 1.71 bits per heavy atom. The van der Waals surface area contributed by atoms with Gasteiger partial charge in [0.15, 0.2) is 11.5 Å². The Balaban J connectivity index is 2.27. The van der Waals surface area contributed by atoms with E-state index in [-0.39, 0.29) is 5.69 Å². The Bertz CT molecular complexity index is 662. The van der Waals surface area contributed by atoms with E-state index in [0.29, 0.717) is 11.5 Å². The number of nitro benzene ring substituents is 1. The van der Waals surface area contributed by atoms with Gasteiger partial charge in [-0.3, -0.25) is 10.1 Å². The zero-order chi connectivity index (χ0) is 15.2.